The van der Waals surface area contributed by atoms with Gasteiger partial charge in [0.15, 0.2) is 6.10 Å². The Morgan fingerprint density at radius 2 is 0.917 bits per heavy atom. The van der Waals surface area contributed by atoms with Crippen molar-refractivity contribution in [2.24, 2.45) is 5.73 Å². The molecule has 0 fully saturated rings. The smallest absolute Gasteiger partial charge is 0.306 e. The summed E-state index contributed by atoms with van der Waals surface area (Å²) in [6.07, 6.45) is 40.5. The lowest BCUT2D eigenvalue weighted by Crippen LogP contribution is -2.40. The normalized spacial score (nSPS) is 12.1. The van der Waals surface area contributed by atoms with Gasteiger partial charge in [-0.3, -0.25) is 14.4 Å². The molecule has 3 N–H and O–H groups in total. The number of nitrogens with one attached hydrogen (secondary N) is 1. The molecule has 7 heteroatoms. The van der Waals surface area contributed by atoms with E-state index in [-0.39, 0.29) is 37.5 Å². The van der Waals surface area contributed by atoms with Crippen LogP contribution in [0, 0.1) is 0 Å². The molecule has 0 radical (unpaired) electrons. The van der Waals surface area contributed by atoms with Gasteiger partial charge < -0.3 is 20.5 Å². The molecule has 0 aliphatic heterocycles. The van der Waals surface area contributed by atoms with Crippen molar-refractivity contribution in [3.05, 3.63) is 24.3 Å². The number of ether oxygens (including phenoxy) is 2. The van der Waals surface area contributed by atoms with Crippen molar-refractivity contribution in [2.45, 2.75) is 200 Å². The zero-order valence-electron chi connectivity index (χ0n) is 31.4. The molecule has 280 valence electrons. The van der Waals surface area contributed by atoms with Crippen LogP contribution in [0.1, 0.15) is 194 Å². The summed E-state index contributed by atoms with van der Waals surface area (Å²) < 4.78 is 11.0. The van der Waals surface area contributed by atoms with E-state index in [2.05, 4.69) is 43.5 Å². The Morgan fingerprint density at radius 3 is 1.33 bits per heavy atom. The molecule has 0 spiro atoms. The van der Waals surface area contributed by atoms with E-state index in [9.17, 15) is 14.4 Å². The van der Waals surface area contributed by atoms with E-state index < -0.39 is 6.10 Å². The molecule has 0 aliphatic rings. The topological polar surface area (TPSA) is 108 Å². The number of hydrogen-bond donors (Lipinski definition) is 2. The van der Waals surface area contributed by atoms with Crippen LogP contribution in [0.25, 0.3) is 0 Å². The van der Waals surface area contributed by atoms with Gasteiger partial charge >= 0.3 is 11.9 Å². The van der Waals surface area contributed by atoms with E-state index in [1.54, 1.807) is 0 Å². The first kappa shape index (κ1) is 45.9. The minimum atomic E-state index is -0.714. The van der Waals surface area contributed by atoms with Gasteiger partial charge in [-0.15, -0.1) is 0 Å². The highest BCUT2D eigenvalue weighted by molar-refractivity contribution is 5.77. The molecule has 7 nitrogen and oxygen atoms in total. The van der Waals surface area contributed by atoms with Gasteiger partial charge in [0.1, 0.15) is 6.61 Å². The van der Waals surface area contributed by atoms with Crippen LogP contribution in [0.15, 0.2) is 24.3 Å². The molecule has 1 amide bonds. The van der Waals surface area contributed by atoms with Crippen molar-refractivity contribution >= 4 is 17.8 Å². The van der Waals surface area contributed by atoms with Crippen LogP contribution in [0.4, 0.5) is 0 Å². The summed E-state index contributed by atoms with van der Waals surface area (Å²) >= 11 is 0. The first-order valence-electron chi connectivity index (χ1n) is 20.1. The SMILES string of the molecule is CCCCCCCC/C=C\CCCCCCCC(=O)OCC(CNC(=O)CN)OC(=O)CCCCCCC/C=C\CCCCCCCC. The maximum atomic E-state index is 12.5. The number of allylic oxidation sites excluding steroid dienone is 4. The van der Waals surface area contributed by atoms with Gasteiger partial charge in [-0.2, -0.15) is 0 Å². The third kappa shape index (κ3) is 35.2. The van der Waals surface area contributed by atoms with Crippen molar-refractivity contribution in [2.75, 3.05) is 19.7 Å². The molecular weight excluding hydrogens is 600 g/mol. The standard InChI is InChI=1S/C41H76N2O5/c1-3-5-7-9-11-13-15-17-19-21-23-25-27-29-31-33-40(45)47-37-38(36-43-39(44)35-42)48-41(46)34-32-30-28-26-24-22-20-18-16-14-12-10-8-6-4-2/h17-20,38H,3-16,21-37,42H2,1-2H3,(H,43,44)/b19-17-,20-18-. The van der Waals surface area contributed by atoms with Gasteiger partial charge in [-0.05, 0) is 64.2 Å². The summed E-state index contributed by atoms with van der Waals surface area (Å²) in [5.41, 5.74) is 5.39. The number of esters is 2. The maximum Gasteiger partial charge on any atom is 0.306 e. The third-order valence-electron chi connectivity index (χ3n) is 8.73. The van der Waals surface area contributed by atoms with Crippen molar-refractivity contribution < 1.29 is 23.9 Å². The lowest BCUT2D eigenvalue weighted by atomic mass is 10.1. The molecule has 1 atom stereocenters. The monoisotopic (exact) mass is 677 g/mol. The van der Waals surface area contributed by atoms with Crippen LogP contribution >= 0.6 is 0 Å². The number of hydrogen-bond acceptors (Lipinski definition) is 6. The Kier molecular flexibility index (Phi) is 36.0. The van der Waals surface area contributed by atoms with E-state index in [0.717, 1.165) is 57.8 Å². The Hall–Kier alpha value is -2.15. The molecule has 0 saturated heterocycles. The average molecular weight is 677 g/mol. The van der Waals surface area contributed by atoms with Gasteiger partial charge in [0.25, 0.3) is 0 Å². The minimum absolute atomic E-state index is 0.0626. The fourth-order valence-corrected chi connectivity index (χ4v) is 5.62. The molecule has 0 rings (SSSR count). The van der Waals surface area contributed by atoms with E-state index >= 15 is 0 Å². The summed E-state index contributed by atoms with van der Waals surface area (Å²) in [6.45, 7) is 4.38. The molecule has 0 bridgehead atoms. The van der Waals surface area contributed by atoms with E-state index in [4.69, 9.17) is 15.2 Å². The van der Waals surface area contributed by atoms with Crippen molar-refractivity contribution in [1.82, 2.24) is 5.32 Å². The summed E-state index contributed by atoms with van der Waals surface area (Å²) in [5.74, 6) is -0.961. The Bertz CT molecular complexity index is 798. The van der Waals surface area contributed by atoms with Crippen LogP contribution in [0.3, 0.4) is 0 Å². The number of amides is 1. The second-order valence-electron chi connectivity index (χ2n) is 13.5. The first-order valence-corrected chi connectivity index (χ1v) is 20.1. The summed E-state index contributed by atoms with van der Waals surface area (Å²) in [6, 6.07) is 0. The van der Waals surface area contributed by atoms with Gasteiger partial charge in [-0.25, -0.2) is 0 Å². The fourth-order valence-electron chi connectivity index (χ4n) is 5.62. The van der Waals surface area contributed by atoms with Crippen LogP contribution in [0.5, 0.6) is 0 Å². The molecule has 1 unspecified atom stereocenters. The highest BCUT2D eigenvalue weighted by Gasteiger charge is 2.18. The quantitative estimate of drug-likeness (QED) is 0.0388. The minimum Gasteiger partial charge on any atom is -0.462 e. The zero-order valence-corrected chi connectivity index (χ0v) is 31.4. The van der Waals surface area contributed by atoms with Crippen LogP contribution in [-0.2, 0) is 23.9 Å². The molecule has 48 heavy (non-hydrogen) atoms. The molecule has 0 aliphatic carbocycles. The van der Waals surface area contributed by atoms with Crippen molar-refractivity contribution in [3.8, 4) is 0 Å². The average Bonchev–Trinajstić information content (AvgIpc) is 3.09. The third-order valence-corrected chi connectivity index (χ3v) is 8.73. The highest BCUT2D eigenvalue weighted by Crippen LogP contribution is 2.12. The van der Waals surface area contributed by atoms with E-state index in [1.165, 1.54) is 109 Å². The largest absolute Gasteiger partial charge is 0.462 e. The van der Waals surface area contributed by atoms with Gasteiger partial charge in [0.05, 0.1) is 13.1 Å². The predicted octanol–water partition coefficient (Wildman–Crippen LogP) is 10.6. The van der Waals surface area contributed by atoms with Crippen LogP contribution in [0.2, 0.25) is 0 Å². The Labute approximate surface area is 296 Å². The second kappa shape index (κ2) is 37.7. The first-order chi connectivity index (χ1) is 23.5. The van der Waals surface area contributed by atoms with Crippen LogP contribution in [-0.4, -0.2) is 43.6 Å². The highest BCUT2D eigenvalue weighted by atomic mass is 16.6. The fraction of sp³-hybridized carbons (Fsp3) is 0.829. The van der Waals surface area contributed by atoms with E-state index in [0.29, 0.717) is 12.8 Å². The lowest BCUT2D eigenvalue weighted by molar-refractivity contribution is -0.159. The molecule has 0 aromatic heterocycles. The number of nitrogens with two attached hydrogens (primary N) is 1. The number of carbonyl (C=O) groups is 3. The van der Waals surface area contributed by atoms with Gasteiger partial charge in [0.2, 0.25) is 5.91 Å². The second-order valence-corrected chi connectivity index (χ2v) is 13.5. The zero-order chi connectivity index (χ0) is 35.2. The summed E-state index contributed by atoms with van der Waals surface area (Å²) in [7, 11) is 0. The molecule has 0 heterocycles. The lowest BCUT2D eigenvalue weighted by Gasteiger charge is -2.18. The van der Waals surface area contributed by atoms with E-state index in [1.807, 2.05) is 0 Å². The molecule has 0 aromatic rings. The Balaban J connectivity index is 3.95. The van der Waals surface area contributed by atoms with Crippen molar-refractivity contribution in [1.29, 1.82) is 0 Å². The molecular formula is C41H76N2O5. The Morgan fingerprint density at radius 1 is 0.542 bits per heavy atom. The van der Waals surface area contributed by atoms with Gasteiger partial charge in [-0.1, -0.05) is 141 Å². The summed E-state index contributed by atoms with van der Waals surface area (Å²) in [5, 5.41) is 2.64. The van der Waals surface area contributed by atoms with Crippen LogP contribution < -0.4 is 11.1 Å². The van der Waals surface area contributed by atoms with Gasteiger partial charge in [0, 0.05) is 12.8 Å². The maximum absolute atomic E-state index is 12.5. The summed E-state index contributed by atoms with van der Waals surface area (Å²) in [4.78, 5) is 36.4. The van der Waals surface area contributed by atoms with Crippen molar-refractivity contribution in [3.63, 3.8) is 0 Å². The molecule has 0 saturated carbocycles. The number of carbonyl (C=O) groups excluding carboxylic acids is 3. The number of rotatable bonds is 36. The predicted molar refractivity (Wildman–Crippen MR) is 202 cm³/mol. The number of unbranched alkanes of at least 4 members (excludes halogenated alkanes) is 22. The molecule has 0 aromatic carbocycles.